The summed E-state index contributed by atoms with van der Waals surface area (Å²) in [5.74, 6) is 0.0104. The van der Waals surface area contributed by atoms with E-state index in [9.17, 15) is 4.39 Å². The van der Waals surface area contributed by atoms with Crippen molar-refractivity contribution in [3.63, 3.8) is 0 Å². The summed E-state index contributed by atoms with van der Waals surface area (Å²) in [6, 6.07) is 8.85. The molecule has 1 fully saturated rings. The van der Waals surface area contributed by atoms with Crippen LogP contribution in [0.5, 0.6) is 0 Å². The number of hydrogen-bond acceptors (Lipinski definition) is 3. The van der Waals surface area contributed by atoms with Crippen LogP contribution < -0.4 is 5.73 Å². The van der Waals surface area contributed by atoms with Gasteiger partial charge < -0.3 is 5.73 Å². The molecule has 0 bridgehead atoms. The number of nitrogens with zero attached hydrogens (tertiary/aromatic N) is 2. The van der Waals surface area contributed by atoms with Gasteiger partial charge in [-0.15, -0.1) is 0 Å². The number of hydrogen-bond donors (Lipinski definition) is 1. The molecule has 1 saturated heterocycles. The fourth-order valence-corrected chi connectivity index (χ4v) is 2.46. The summed E-state index contributed by atoms with van der Waals surface area (Å²) in [6.07, 6.45) is 0.853. The van der Waals surface area contributed by atoms with E-state index in [2.05, 4.69) is 6.07 Å². The third-order valence-electron chi connectivity index (χ3n) is 3.17. The lowest BCUT2D eigenvalue weighted by atomic mass is 9.88. The molecular weight excluding hydrogens is 217 g/mol. The zero-order valence-corrected chi connectivity index (χ0v) is 9.64. The second-order valence-corrected chi connectivity index (χ2v) is 4.60. The molecule has 0 radical (unpaired) electrons. The van der Waals surface area contributed by atoms with E-state index in [0.717, 1.165) is 25.1 Å². The first-order chi connectivity index (χ1) is 8.19. The van der Waals surface area contributed by atoms with Crippen LogP contribution in [0.1, 0.15) is 17.9 Å². The maximum atomic E-state index is 13.2. The number of likely N-dealkylation sites (tertiary alicyclic amines) is 1. The first kappa shape index (κ1) is 12.0. The molecule has 2 unspecified atom stereocenters. The Morgan fingerprint density at radius 1 is 1.47 bits per heavy atom. The van der Waals surface area contributed by atoms with E-state index in [4.69, 9.17) is 11.0 Å². The van der Waals surface area contributed by atoms with E-state index in [0.29, 0.717) is 6.54 Å². The van der Waals surface area contributed by atoms with Crippen molar-refractivity contribution in [1.29, 1.82) is 5.26 Å². The maximum Gasteiger partial charge on any atom is 0.123 e. The molecule has 2 N–H and O–H groups in total. The van der Waals surface area contributed by atoms with Crippen LogP contribution in [0, 0.1) is 17.1 Å². The topological polar surface area (TPSA) is 53.0 Å². The predicted octanol–water partition coefficient (Wildman–Crippen LogP) is 1.47. The lowest BCUT2D eigenvalue weighted by Crippen LogP contribution is -2.46. The van der Waals surface area contributed by atoms with Gasteiger partial charge in [-0.2, -0.15) is 5.26 Å². The molecule has 0 aliphatic carbocycles. The van der Waals surface area contributed by atoms with Crippen LogP contribution in [-0.2, 0) is 0 Å². The molecule has 1 heterocycles. The number of benzene rings is 1. The van der Waals surface area contributed by atoms with Crippen LogP contribution >= 0.6 is 0 Å². The van der Waals surface area contributed by atoms with Crippen LogP contribution in [0.4, 0.5) is 4.39 Å². The zero-order chi connectivity index (χ0) is 12.3. The van der Waals surface area contributed by atoms with E-state index >= 15 is 0 Å². The summed E-state index contributed by atoms with van der Waals surface area (Å²) in [4.78, 5) is 2.03. The van der Waals surface area contributed by atoms with E-state index in [1.807, 2.05) is 11.0 Å². The highest BCUT2D eigenvalue weighted by Gasteiger charge is 2.26. The average molecular weight is 233 g/mol. The van der Waals surface area contributed by atoms with E-state index in [1.165, 1.54) is 6.07 Å². The first-order valence-corrected chi connectivity index (χ1v) is 5.79. The molecule has 1 aliphatic rings. The van der Waals surface area contributed by atoms with Gasteiger partial charge in [-0.25, -0.2) is 4.39 Å². The van der Waals surface area contributed by atoms with Crippen LogP contribution in [0.25, 0.3) is 0 Å². The Bertz CT molecular complexity index is 427. The highest BCUT2D eigenvalue weighted by atomic mass is 19.1. The summed E-state index contributed by atoms with van der Waals surface area (Å²) in [6.45, 7) is 1.92. The number of rotatable bonds is 2. The second-order valence-electron chi connectivity index (χ2n) is 4.60. The van der Waals surface area contributed by atoms with Gasteiger partial charge in [0.2, 0.25) is 0 Å². The molecule has 3 nitrogen and oxygen atoms in total. The fraction of sp³-hybridized carbons (Fsp3) is 0.462. The van der Waals surface area contributed by atoms with Crippen LogP contribution in [0.2, 0.25) is 0 Å². The van der Waals surface area contributed by atoms with Crippen molar-refractivity contribution in [2.24, 2.45) is 5.73 Å². The third-order valence-corrected chi connectivity index (χ3v) is 3.17. The Morgan fingerprint density at radius 3 is 3.00 bits per heavy atom. The van der Waals surface area contributed by atoms with Crippen molar-refractivity contribution in [2.75, 3.05) is 19.6 Å². The Hall–Kier alpha value is -1.44. The van der Waals surface area contributed by atoms with Crippen LogP contribution in [0.15, 0.2) is 24.3 Å². The summed E-state index contributed by atoms with van der Waals surface area (Å²) in [7, 11) is 0. The molecular formula is C13H16FN3. The molecule has 2 atom stereocenters. The van der Waals surface area contributed by atoms with Gasteiger partial charge in [-0.05, 0) is 30.0 Å². The predicted molar refractivity (Wildman–Crippen MR) is 63.8 cm³/mol. The minimum Gasteiger partial charge on any atom is -0.327 e. The molecule has 0 spiro atoms. The van der Waals surface area contributed by atoms with Gasteiger partial charge in [0.05, 0.1) is 12.6 Å². The normalized spacial score (nSPS) is 25.5. The molecule has 0 amide bonds. The number of nitrogens with two attached hydrogens (primary N) is 1. The molecule has 17 heavy (non-hydrogen) atoms. The van der Waals surface area contributed by atoms with Gasteiger partial charge in [0, 0.05) is 19.1 Å². The molecule has 1 aliphatic heterocycles. The minimum atomic E-state index is -0.214. The van der Waals surface area contributed by atoms with E-state index < -0.39 is 0 Å². The van der Waals surface area contributed by atoms with Gasteiger partial charge in [0.1, 0.15) is 5.82 Å². The molecule has 4 heteroatoms. The number of nitriles is 1. The molecule has 0 saturated carbocycles. The Morgan fingerprint density at radius 2 is 2.29 bits per heavy atom. The monoisotopic (exact) mass is 233 g/mol. The molecule has 2 rings (SSSR count). The van der Waals surface area contributed by atoms with E-state index in [-0.39, 0.29) is 17.8 Å². The third kappa shape index (κ3) is 3.02. The van der Waals surface area contributed by atoms with Gasteiger partial charge in [-0.1, -0.05) is 12.1 Å². The highest BCUT2D eigenvalue weighted by Crippen LogP contribution is 2.26. The summed E-state index contributed by atoms with van der Waals surface area (Å²) in [5, 5.41) is 8.71. The molecule has 90 valence electrons. The van der Waals surface area contributed by atoms with Crippen molar-refractivity contribution in [3.05, 3.63) is 35.6 Å². The number of piperidine rings is 1. The van der Waals surface area contributed by atoms with Crippen molar-refractivity contribution < 1.29 is 4.39 Å². The smallest absolute Gasteiger partial charge is 0.123 e. The maximum absolute atomic E-state index is 13.2. The van der Waals surface area contributed by atoms with Crippen molar-refractivity contribution in [1.82, 2.24) is 4.90 Å². The van der Waals surface area contributed by atoms with Crippen molar-refractivity contribution in [2.45, 2.75) is 18.4 Å². The molecule has 1 aromatic carbocycles. The Balaban J connectivity index is 2.13. The quantitative estimate of drug-likeness (QED) is 0.787. The van der Waals surface area contributed by atoms with Crippen LogP contribution in [0.3, 0.4) is 0 Å². The minimum absolute atomic E-state index is 0.0605. The fourth-order valence-electron chi connectivity index (χ4n) is 2.46. The summed E-state index contributed by atoms with van der Waals surface area (Å²) in [5.41, 5.74) is 6.95. The second kappa shape index (κ2) is 5.26. The summed E-state index contributed by atoms with van der Waals surface area (Å²) < 4.78 is 13.2. The first-order valence-electron chi connectivity index (χ1n) is 5.79. The molecule has 0 aromatic heterocycles. The lowest BCUT2D eigenvalue weighted by molar-refractivity contribution is 0.208. The average Bonchev–Trinajstić information content (AvgIpc) is 2.28. The van der Waals surface area contributed by atoms with Crippen molar-refractivity contribution in [3.8, 4) is 6.07 Å². The largest absolute Gasteiger partial charge is 0.327 e. The standard InChI is InChI=1S/C13H16FN3/c14-12-3-1-2-10(6-12)11-7-13(16)9-17(8-11)5-4-15/h1-3,6,11,13H,5,7-9,16H2. The van der Waals surface area contributed by atoms with Crippen molar-refractivity contribution >= 4 is 0 Å². The Labute approximate surface area is 101 Å². The van der Waals surface area contributed by atoms with Crippen LogP contribution in [-0.4, -0.2) is 30.6 Å². The van der Waals surface area contributed by atoms with E-state index in [1.54, 1.807) is 12.1 Å². The number of halogens is 1. The molecule has 1 aromatic rings. The zero-order valence-electron chi connectivity index (χ0n) is 9.64. The highest BCUT2D eigenvalue weighted by molar-refractivity contribution is 5.22. The SMILES string of the molecule is N#CCN1CC(N)CC(c2cccc(F)c2)C1. The lowest BCUT2D eigenvalue weighted by Gasteiger charge is -2.35. The van der Waals surface area contributed by atoms with Gasteiger partial charge in [0.15, 0.2) is 0 Å². The van der Waals surface area contributed by atoms with Gasteiger partial charge in [-0.3, -0.25) is 4.90 Å². The Kier molecular flexibility index (Phi) is 3.72. The van der Waals surface area contributed by atoms with Gasteiger partial charge >= 0.3 is 0 Å². The summed E-state index contributed by atoms with van der Waals surface area (Å²) >= 11 is 0. The van der Waals surface area contributed by atoms with Gasteiger partial charge in [0.25, 0.3) is 0 Å².